The lowest BCUT2D eigenvalue weighted by atomic mass is 9.87. The van der Waals surface area contributed by atoms with Crippen molar-refractivity contribution in [2.45, 2.75) is 49.2 Å². The van der Waals surface area contributed by atoms with Crippen LogP contribution in [0.5, 0.6) is 0 Å². The highest BCUT2D eigenvalue weighted by molar-refractivity contribution is 8.00. The predicted molar refractivity (Wildman–Crippen MR) is 76.5 cm³/mol. The zero-order valence-electron chi connectivity index (χ0n) is 10.7. The maximum Gasteiger partial charge on any atom is 0.0245 e. The molecule has 1 aromatic rings. The number of nitrogens with two attached hydrogens (primary N) is 1. The Hall–Kier alpha value is -0.470. The standard InChI is InChI=1S/C15H23NS/c1-12-7-5-6-10-14(12)17-15(11-16)13-8-3-2-4-9-13/h5-7,10,13,15H,2-4,8-9,11,16H2,1H3. The molecule has 1 aliphatic rings. The molecule has 1 nitrogen and oxygen atoms in total. The van der Waals surface area contributed by atoms with Gasteiger partial charge in [-0.3, -0.25) is 0 Å². The van der Waals surface area contributed by atoms with E-state index >= 15 is 0 Å². The lowest BCUT2D eigenvalue weighted by Gasteiger charge is -2.29. The van der Waals surface area contributed by atoms with Gasteiger partial charge in [-0.05, 0) is 37.3 Å². The molecule has 94 valence electrons. The molecule has 0 radical (unpaired) electrons. The molecule has 1 fully saturated rings. The Bertz CT molecular complexity index is 345. The van der Waals surface area contributed by atoms with Crippen molar-refractivity contribution in [3.8, 4) is 0 Å². The van der Waals surface area contributed by atoms with Crippen molar-refractivity contribution in [3.05, 3.63) is 29.8 Å². The molecule has 1 aliphatic carbocycles. The van der Waals surface area contributed by atoms with Gasteiger partial charge in [-0.1, -0.05) is 37.5 Å². The summed E-state index contributed by atoms with van der Waals surface area (Å²) in [7, 11) is 0. The van der Waals surface area contributed by atoms with Gasteiger partial charge in [-0.25, -0.2) is 0 Å². The molecule has 0 amide bonds. The summed E-state index contributed by atoms with van der Waals surface area (Å²) in [5.41, 5.74) is 7.36. The fourth-order valence-electron chi connectivity index (χ4n) is 2.69. The highest BCUT2D eigenvalue weighted by atomic mass is 32.2. The molecule has 1 atom stereocenters. The van der Waals surface area contributed by atoms with Gasteiger partial charge < -0.3 is 5.73 Å². The molecule has 1 unspecified atom stereocenters. The van der Waals surface area contributed by atoms with Crippen LogP contribution in [-0.4, -0.2) is 11.8 Å². The summed E-state index contributed by atoms with van der Waals surface area (Å²) in [6.45, 7) is 3.00. The zero-order chi connectivity index (χ0) is 12.1. The Morgan fingerprint density at radius 1 is 1.24 bits per heavy atom. The van der Waals surface area contributed by atoms with E-state index in [0.717, 1.165) is 12.5 Å². The molecule has 0 spiro atoms. The summed E-state index contributed by atoms with van der Waals surface area (Å²) >= 11 is 2.00. The first-order valence-electron chi connectivity index (χ1n) is 6.73. The van der Waals surface area contributed by atoms with Gasteiger partial charge in [-0.2, -0.15) is 0 Å². The molecule has 0 heterocycles. The normalized spacial score (nSPS) is 19.2. The molecule has 0 saturated heterocycles. The fourth-order valence-corrected chi connectivity index (χ4v) is 3.99. The molecular weight excluding hydrogens is 226 g/mol. The molecule has 1 aromatic carbocycles. The maximum atomic E-state index is 5.98. The predicted octanol–water partition coefficient (Wildman–Crippen LogP) is 3.99. The van der Waals surface area contributed by atoms with E-state index in [1.54, 1.807) is 0 Å². The summed E-state index contributed by atoms with van der Waals surface area (Å²) in [6, 6.07) is 8.66. The molecular formula is C15H23NS. The second kappa shape index (κ2) is 6.46. The molecule has 2 heteroatoms. The van der Waals surface area contributed by atoms with Crippen LogP contribution in [0.25, 0.3) is 0 Å². The van der Waals surface area contributed by atoms with E-state index in [4.69, 9.17) is 5.73 Å². The van der Waals surface area contributed by atoms with Crippen LogP contribution in [-0.2, 0) is 0 Å². The van der Waals surface area contributed by atoms with Crippen molar-refractivity contribution in [3.63, 3.8) is 0 Å². The Kier molecular flexibility index (Phi) is 4.93. The van der Waals surface area contributed by atoms with Crippen molar-refractivity contribution in [1.82, 2.24) is 0 Å². The van der Waals surface area contributed by atoms with E-state index in [0.29, 0.717) is 5.25 Å². The average molecular weight is 249 g/mol. The van der Waals surface area contributed by atoms with E-state index in [-0.39, 0.29) is 0 Å². The van der Waals surface area contributed by atoms with Crippen molar-refractivity contribution in [2.75, 3.05) is 6.54 Å². The minimum Gasteiger partial charge on any atom is -0.329 e. The first kappa shape index (κ1) is 13.0. The van der Waals surface area contributed by atoms with Gasteiger partial charge in [-0.15, -0.1) is 11.8 Å². The molecule has 0 aliphatic heterocycles. The van der Waals surface area contributed by atoms with Crippen LogP contribution in [0.3, 0.4) is 0 Å². The van der Waals surface area contributed by atoms with Crippen LogP contribution >= 0.6 is 11.8 Å². The number of hydrogen-bond acceptors (Lipinski definition) is 2. The van der Waals surface area contributed by atoms with Gasteiger partial charge in [0.1, 0.15) is 0 Å². The Balaban J connectivity index is 2.01. The Labute approximate surface area is 109 Å². The van der Waals surface area contributed by atoms with Crippen LogP contribution in [0.4, 0.5) is 0 Å². The second-order valence-electron chi connectivity index (χ2n) is 5.06. The average Bonchev–Trinajstić information content (AvgIpc) is 2.39. The molecule has 0 aromatic heterocycles. The third-order valence-electron chi connectivity index (χ3n) is 3.78. The van der Waals surface area contributed by atoms with Gasteiger partial charge in [0, 0.05) is 16.7 Å². The number of thioether (sulfide) groups is 1. The topological polar surface area (TPSA) is 26.0 Å². The Morgan fingerprint density at radius 3 is 2.59 bits per heavy atom. The number of benzene rings is 1. The molecule has 2 rings (SSSR count). The number of aryl methyl sites for hydroxylation is 1. The van der Waals surface area contributed by atoms with Gasteiger partial charge in [0.15, 0.2) is 0 Å². The molecule has 2 N–H and O–H groups in total. The van der Waals surface area contributed by atoms with Crippen LogP contribution in [0.2, 0.25) is 0 Å². The van der Waals surface area contributed by atoms with E-state index in [9.17, 15) is 0 Å². The highest BCUT2D eigenvalue weighted by Crippen LogP contribution is 2.36. The van der Waals surface area contributed by atoms with Gasteiger partial charge in [0.2, 0.25) is 0 Å². The number of rotatable bonds is 4. The minimum absolute atomic E-state index is 0.608. The van der Waals surface area contributed by atoms with Crippen molar-refractivity contribution < 1.29 is 0 Å². The lowest BCUT2D eigenvalue weighted by Crippen LogP contribution is -2.27. The van der Waals surface area contributed by atoms with Gasteiger partial charge in [0.05, 0.1) is 0 Å². The van der Waals surface area contributed by atoms with E-state index in [2.05, 4.69) is 31.2 Å². The summed E-state index contributed by atoms with van der Waals surface area (Å²) in [4.78, 5) is 1.41. The summed E-state index contributed by atoms with van der Waals surface area (Å²) in [6.07, 6.45) is 6.97. The lowest BCUT2D eigenvalue weighted by molar-refractivity contribution is 0.351. The van der Waals surface area contributed by atoms with Gasteiger partial charge >= 0.3 is 0 Å². The van der Waals surface area contributed by atoms with E-state index in [1.807, 2.05) is 11.8 Å². The van der Waals surface area contributed by atoms with Crippen LogP contribution < -0.4 is 5.73 Å². The largest absolute Gasteiger partial charge is 0.329 e. The summed E-state index contributed by atoms with van der Waals surface area (Å²) in [5.74, 6) is 0.832. The molecule has 0 bridgehead atoms. The smallest absolute Gasteiger partial charge is 0.0245 e. The zero-order valence-corrected chi connectivity index (χ0v) is 11.5. The van der Waals surface area contributed by atoms with E-state index in [1.165, 1.54) is 42.6 Å². The summed E-state index contributed by atoms with van der Waals surface area (Å²) < 4.78 is 0. The molecule has 17 heavy (non-hydrogen) atoms. The third kappa shape index (κ3) is 3.49. The first-order chi connectivity index (χ1) is 8.31. The van der Waals surface area contributed by atoms with Crippen molar-refractivity contribution in [1.29, 1.82) is 0 Å². The highest BCUT2D eigenvalue weighted by Gasteiger charge is 2.23. The van der Waals surface area contributed by atoms with Crippen LogP contribution in [0, 0.1) is 12.8 Å². The van der Waals surface area contributed by atoms with Crippen molar-refractivity contribution in [2.24, 2.45) is 11.7 Å². The third-order valence-corrected chi connectivity index (χ3v) is 5.37. The summed E-state index contributed by atoms with van der Waals surface area (Å²) in [5, 5.41) is 0.608. The van der Waals surface area contributed by atoms with Crippen LogP contribution in [0.1, 0.15) is 37.7 Å². The fraction of sp³-hybridized carbons (Fsp3) is 0.600. The van der Waals surface area contributed by atoms with Crippen LogP contribution in [0.15, 0.2) is 29.2 Å². The minimum atomic E-state index is 0.608. The van der Waals surface area contributed by atoms with Crippen molar-refractivity contribution >= 4 is 11.8 Å². The maximum absolute atomic E-state index is 5.98. The Morgan fingerprint density at radius 2 is 1.94 bits per heavy atom. The molecule has 1 saturated carbocycles. The SMILES string of the molecule is Cc1ccccc1SC(CN)C1CCCCC1. The first-order valence-corrected chi connectivity index (χ1v) is 7.61. The quantitative estimate of drug-likeness (QED) is 0.816. The van der Waals surface area contributed by atoms with E-state index < -0.39 is 0 Å². The number of hydrogen-bond donors (Lipinski definition) is 1. The van der Waals surface area contributed by atoms with Gasteiger partial charge in [0.25, 0.3) is 0 Å². The second-order valence-corrected chi connectivity index (χ2v) is 6.34. The monoisotopic (exact) mass is 249 g/mol.